The zero-order chi connectivity index (χ0) is 13.9. The number of para-hydroxylation sites is 1. The third-order valence-corrected chi connectivity index (χ3v) is 3.25. The minimum Gasteiger partial charge on any atom is -0.486 e. The molecule has 0 spiro atoms. The van der Waals surface area contributed by atoms with E-state index in [2.05, 4.69) is 17.2 Å². The lowest BCUT2D eigenvalue weighted by molar-refractivity contribution is 0.156. The number of fused-ring (bicyclic) bond motifs is 1. The van der Waals surface area contributed by atoms with Crippen LogP contribution in [0.4, 0.5) is 0 Å². The van der Waals surface area contributed by atoms with Gasteiger partial charge < -0.3 is 14.6 Å². The number of aromatic nitrogens is 3. The maximum Gasteiger partial charge on any atom is 0.167 e. The van der Waals surface area contributed by atoms with Crippen molar-refractivity contribution in [2.75, 3.05) is 13.2 Å². The number of hydrogen-bond acceptors (Lipinski definition) is 5. The van der Waals surface area contributed by atoms with Gasteiger partial charge in [0, 0.05) is 12.1 Å². The maximum absolute atomic E-state index is 10.6. The number of nitrogens with zero attached hydrogens (tertiary/aromatic N) is 3. The Hall–Kier alpha value is -2.08. The second-order valence-corrected chi connectivity index (χ2v) is 4.66. The summed E-state index contributed by atoms with van der Waals surface area (Å²) in [6.07, 6.45) is 1.69. The van der Waals surface area contributed by atoms with E-state index in [-0.39, 0.29) is 0 Å². The smallest absolute Gasteiger partial charge is 0.167 e. The Morgan fingerprint density at radius 1 is 1.35 bits per heavy atom. The molecule has 0 bridgehead atoms. The monoisotopic (exact) mass is 275 g/mol. The summed E-state index contributed by atoms with van der Waals surface area (Å²) in [6.45, 7) is 3.79. The quantitative estimate of drug-likeness (QED) is 0.916. The van der Waals surface area contributed by atoms with Gasteiger partial charge in [0.25, 0.3) is 0 Å². The fourth-order valence-electron chi connectivity index (χ4n) is 2.33. The third kappa shape index (κ3) is 2.22. The molecule has 1 aromatic carbocycles. The van der Waals surface area contributed by atoms with Gasteiger partial charge >= 0.3 is 0 Å². The number of rotatable bonds is 4. The lowest BCUT2D eigenvalue weighted by Crippen LogP contribution is -2.18. The molecular formula is C14H17N3O3. The van der Waals surface area contributed by atoms with Crippen molar-refractivity contribution in [3.63, 3.8) is 0 Å². The first-order valence-corrected chi connectivity index (χ1v) is 6.76. The van der Waals surface area contributed by atoms with Crippen LogP contribution in [0.1, 0.15) is 30.7 Å². The Morgan fingerprint density at radius 2 is 2.20 bits per heavy atom. The summed E-state index contributed by atoms with van der Waals surface area (Å²) < 4.78 is 12.9. The van der Waals surface area contributed by atoms with Crippen LogP contribution in [-0.2, 0) is 6.54 Å². The second-order valence-electron chi connectivity index (χ2n) is 4.66. The minimum atomic E-state index is -0.826. The van der Waals surface area contributed by atoms with E-state index in [0.717, 1.165) is 13.0 Å². The summed E-state index contributed by atoms with van der Waals surface area (Å²) in [5.74, 6) is 1.28. The first-order chi connectivity index (χ1) is 9.81. The summed E-state index contributed by atoms with van der Waals surface area (Å²) >= 11 is 0. The zero-order valence-electron chi connectivity index (χ0n) is 11.3. The van der Waals surface area contributed by atoms with Crippen molar-refractivity contribution in [1.82, 2.24) is 15.0 Å². The predicted octanol–water partition coefficient (Wildman–Crippen LogP) is 1.54. The first kappa shape index (κ1) is 12.9. The summed E-state index contributed by atoms with van der Waals surface area (Å²) in [7, 11) is 0. The number of aliphatic hydroxyl groups excluding tert-OH is 1. The van der Waals surface area contributed by atoms with Gasteiger partial charge in [0.15, 0.2) is 11.5 Å². The SMILES string of the molecule is CCCn1nncc1C(O)c1cccc2c1OCCO2. The molecule has 1 N–H and O–H groups in total. The van der Waals surface area contributed by atoms with Gasteiger partial charge in [0.2, 0.25) is 0 Å². The average molecular weight is 275 g/mol. The van der Waals surface area contributed by atoms with E-state index >= 15 is 0 Å². The highest BCUT2D eigenvalue weighted by Crippen LogP contribution is 2.38. The second kappa shape index (κ2) is 5.50. The van der Waals surface area contributed by atoms with Crippen LogP contribution in [0.5, 0.6) is 11.5 Å². The lowest BCUT2D eigenvalue weighted by atomic mass is 10.0. The van der Waals surface area contributed by atoms with E-state index in [4.69, 9.17) is 9.47 Å². The fraction of sp³-hybridized carbons (Fsp3) is 0.429. The molecule has 2 heterocycles. The Labute approximate surface area is 116 Å². The van der Waals surface area contributed by atoms with E-state index in [1.807, 2.05) is 18.2 Å². The molecule has 0 saturated carbocycles. The molecule has 106 valence electrons. The standard InChI is InChI=1S/C14H17N3O3/c1-2-6-17-11(9-15-16-17)13(18)10-4-3-5-12-14(10)20-8-7-19-12/h3-5,9,13,18H,2,6-8H2,1H3. The predicted molar refractivity (Wildman–Crippen MR) is 71.8 cm³/mol. The normalized spacial score (nSPS) is 15.1. The molecule has 0 saturated heterocycles. The van der Waals surface area contributed by atoms with Crippen LogP contribution in [0.3, 0.4) is 0 Å². The van der Waals surface area contributed by atoms with E-state index in [1.165, 1.54) is 0 Å². The fourth-order valence-corrected chi connectivity index (χ4v) is 2.33. The van der Waals surface area contributed by atoms with Crippen molar-refractivity contribution in [2.45, 2.75) is 26.0 Å². The number of ether oxygens (including phenoxy) is 2. The van der Waals surface area contributed by atoms with Crippen LogP contribution in [0.15, 0.2) is 24.4 Å². The van der Waals surface area contributed by atoms with Crippen LogP contribution in [-0.4, -0.2) is 33.3 Å². The van der Waals surface area contributed by atoms with E-state index < -0.39 is 6.10 Å². The highest BCUT2D eigenvalue weighted by molar-refractivity contribution is 5.49. The van der Waals surface area contributed by atoms with Crippen molar-refractivity contribution in [3.05, 3.63) is 35.7 Å². The van der Waals surface area contributed by atoms with Gasteiger partial charge in [0.05, 0.1) is 11.9 Å². The highest BCUT2D eigenvalue weighted by Gasteiger charge is 2.24. The molecule has 1 aliphatic heterocycles. The van der Waals surface area contributed by atoms with E-state index in [1.54, 1.807) is 10.9 Å². The van der Waals surface area contributed by atoms with Crippen LogP contribution >= 0.6 is 0 Å². The Bertz CT molecular complexity index is 597. The Morgan fingerprint density at radius 3 is 3.05 bits per heavy atom. The molecule has 1 unspecified atom stereocenters. The topological polar surface area (TPSA) is 69.4 Å². The zero-order valence-corrected chi connectivity index (χ0v) is 11.3. The molecular weight excluding hydrogens is 258 g/mol. The van der Waals surface area contributed by atoms with Gasteiger partial charge in [-0.05, 0) is 12.5 Å². The molecule has 1 aromatic heterocycles. The van der Waals surface area contributed by atoms with Gasteiger partial charge in [-0.2, -0.15) is 0 Å². The summed E-state index contributed by atoms with van der Waals surface area (Å²) in [4.78, 5) is 0. The molecule has 0 radical (unpaired) electrons. The maximum atomic E-state index is 10.6. The van der Waals surface area contributed by atoms with E-state index in [0.29, 0.717) is 36.0 Å². The summed E-state index contributed by atoms with van der Waals surface area (Å²) in [5, 5.41) is 18.5. The molecule has 20 heavy (non-hydrogen) atoms. The summed E-state index contributed by atoms with van der Waals surface area (Å²) in [6, 6.07) is 5.52. The van der Waals surface area contributed by atoms with Crippen LogP contribution < -0.4 is 9.47 Å². The first-order valence-electron chi connectivity index (χ1n) is 6.76. The molecule has 0 amide bonds. The van der Waals surface area contributed by atoms with Gasteiger partial charge in [-0.15, -0.1) is 5.10 Å². The van der Waals surface area contributed by atoms with Crippen LogP contribution in [0, 0.1) is 0 Å². The van der Waals surface area contributed by atoms with E-state index in [9.17, 15) is 5.11 Å². The van der Waals surface area contributed by atoms with Crippen molar-refractivity contribution in [1.29, 1.82) is 0 Å². The molecule has 3 rings (SSSR count). The lowest BCUT2D eigenvalue weighted by Gasteiger charge is -2.23. The molecule has 1 aliphatic rings. The van der Waals surface area contributed by atoms with Gasteiger partial charge in [-0.25, -0.2) is 4.68 Å². The number of aryl methyl sites for hydroxylation is 1. The van der Waals surface area contributed by atoms with Gasteiger partial charge in [-0.1, -0.05) is 24.3 Å². The largest absolute Gasteiger partial charge is 0.486 e. The van der Waals surface area contributed by atoms with Crippen LogP contribution in [0.2, 0.25) is 0 Å². The van der Waals surface area contributed by atoms with Crippen molar-refractivity contribution < 1.29 is 14.6 Å². The highest BCUT2D eigenvalue weighted by atomic mass is 16.6. The minimum absolute atomic E-state index is 0.489. The summed E-state index contributed by atoms with van der Waals surface area (Å²) in [5.41, 5.74) is 1.34. The van der Waals surface area contributed by atoms with Crippen LogP contribution in [0.25, 0.3) is 0 Å². The average Bonchev–Trinajstić information content (AvgIpc) is 2.94. The van der Waals surface area contributed by atoms with Crippen molar-refractivity contribution >= 4 is 0 Å². The van der Waals surface area contributed by atoms with Gasteiger partial charge in [-0.3, -0.25) is 0 Å². The van der Waals surface area contributed by atoms with Crippen molar-refractivity contribution in [2.24, 2.45) is 0 Å². The molecule has 6 heteroatoms. The third-order valence-electron chi connectivity index (χ3n) is 3.25. The number of aliphatic hydroxyl groups is 1. The number of hydrogen-bond donors (Lipinski definition) is 1. The molecule has 6 nitrogen and oxygen atoms in total. The Kier molecular flexibility index (Phi) is 3.56. The van der Waals surface area contributed by atoms with Gasteiger partial charge in [0.1, 0.15) is 19.3 Å². The Balaban J connectivity index is 1.98. The molecule has 2 aromatic rings. The number of benzene rings is 1. The molecule has 0 fully saturated rings. The molecule has 1 atom stereocenters. The van der Waals surface area contributed by atoms with Crippen molar-refractivity contribution in [3.8, 4) is 11.5 Å². The molecule has 0 aliphatic carbocycles.